The zero-order chi connectivity index (χ0) is 14.5. The maximum Gasteiger partial charge on any atom is 0.224 e. The summed E-state index contributed by atoms with van der Waals surface area (Å²) in [7, 11) is 0. The van der Waals surface area contributed by atoms with Gasteiger partial charge in [-0.3, -0.25) is 4.79 Å². The summed E-state index contributed by atoms with van der Waals surface area (Å²) in [5.74, 6) is 0.279. The van der Waals surface area contributed by atoms with E-state index >= 15 is 0 Å². The van der Waals surface area contributed by atoms with Gasteiger partial charge in [-0.25, -0.2) is 0 Å². The predicted molar refractivity (Wildman–Crippen MR) is 92.0 cm³/mol. The third-order valence-corrected chi connectivity index (χ3v) is 4.48. The quantitative estimate of drug-likeness (QED) is 0.765. The van der Waals surface area contributed by atoms with Crippen molar-refractivity contribution in [2.75, 3.05) is 5.32 Å². The molecule has 1 atom stereocenters. The molecule has 2 aromatic rings. The highest BCUT2D eigenvalue weighted by molar-refractivity contribution is 14.1. The lowest BCUT2D eigenvalue weighted by molar-refractivity contribution is -0.116. The smallest absolute Gasteiger partial charge is 0.224 e. The van der Waals surface area contributed by atoms with Crippen molar-refractivity contribution in [1.29, 1.82) is 0 Å². The molecule has 1 N–H and O–H groups in total. The number of hydrogen-bond acceptors (Lipinski definition) is 1. The van der Waals surface area contributed by atoms with Crippen LogP contribution in [-0.2, 0) is 4.79 Å². The summed E-state index contributed by atoms with van der Waals surface area (Å²) in [6.45, 7) is 4.14. The van der Waals surface area contributed by atoms with E-state index in [4.69, 9.17) is 0 Å². The molecule has 3 heteroatoms. The zero-order valence-electron chi connectivity index (χ0n) is 11.7. The Bertz CT molecular complexity index is 595. The van der Waals surface area contributed by atoms with E-state index in [1.54, 1.807) is 0 Å². The third kappa shape index (κ3) is 4.07. The van der Waals surface area contributed by atoms with Crippen molar-refractivity contribution in [1.82, 2.24) is 0 Å². The Balaban J connectivity index is 1.97. The average Bonchev–Trinajstić information content (AvgIpc) is 2.44. The van der Waals surface area contributed by atoms with Gasteiger partial charge in [-0.05, 0) is 58.7 Å². The second-order valence-corrected chi connectivity index (χ2v) is 6.19. The Labute approximate surface area is 133 Å². The van der Waals surface area contributed by atoms with Gasteiger partial charge in [-0.15, -0.1) is 0 Å². The van der Waals surface area contributed by atoms with Gasteiger partial charge in [0.1, 0.15) is 0 Å². The molecule has 0 unspecified atom stereocenters. The van der Waals surface area contributed by atoms with Crippen LogP contribution in [-0.4, -0.2) is 5.91 Å². The Morgan fingerprint density at radius 2 is 1.90 bits per heavy atom. The Morgan fingerprint density at radius 1 is 1.20 bits per heavy atom. The molecule has 0 fully saturated rings. The van der Waals surface area contributed by atoms with E-state index in [9.17, 15) is 4.79 Å². The van der Waals surface area contributed by atoms with Crippen molar-refractivity contribution in [3.05, 3.63) is 63.2 Å². The minimum absolute atomic E-state index is 0.0565. The molecule has 0 spiro atoms. The van der Waals surface area contributed by atoms with E-state index in [-0.39, 0.29) is 11.8 Å². The van der Waals surface area contributed by atoms with Gasteiger partial charge >= 0.3 is 0 Å². The fourth-order valence-electron chi connectivity index (χ4n) is 2.06. The number of benzene rings is 2. The summed E-state index contributed by atoms with van der Waals surface area (Å²) >= 11 is 2.28. The first-order valence-electron chi connectivity index (χ1n) is 6.67. The Hall–Kier alpha value is -1.36. The Kier molecular flexibility index (Phi) is 5.17. The van der Waals surface area contributed by atoms with E-state index < -0.39 is 0 Å². The molecular formula is C17H18INO. The van der Waals surface area contributed by atoms with E-state index in [0.717, 1.165) is 9.26 Å². The molecular weight excluding hydrogens is 361 g/mol. The summed E-state index contributed by atoms with van der Waals surface area (Å²) in [5.41, 5.74) is 3.28. The molecule has 2 rings (SSSR count). The molecule has 104 valence electrons. The van der Waals surface area contributed by atoms with Crippen LogP contribution >= 0.6 is 22.6 Å². The third-order valence-electron chi connectivity index (χ3n) is 3.32. The fraction of sp³-hybridized carbons (Fsp3) is 0.235. The lowest BCUT2D eigenvalue weighted by atomic mass is 9.97. The van der Waals surface area contributed by atoms with Gasteiger partial charge in [-0.2, -0.15) is 0 Å². The minimum Gasteiger partial charge on any atom is -0.326 e. The van der Waals surface area contributed by atoms with Crippen LogP contribution in [0, 0.1) is 10.5 Å². The highest BCUT2D eigenvalue weighted by Crippen LogP contribution is 2.21. The van der Waals surface area contributed by atoms with Crippen LogP contribution in [0.3, 0.4) is 0 Å². The fourth-order valence-corrected chi connectivity index (χ4v) is 2.58. The van der Waals surface area contributed by atoms with Crippen LogP contribution in [0.15, 0.2) is 48.5 Å². The molecule has 0 aliphatic heterocycles. The molecule has 0 bridgehead atoms. The summed E-state index contributed by atoms with van der Waals surface area (Å²) in [6.07, 6.45) is 0.495. The van der Waals surface area contributed by atoms with Gasteiger partial charge < -0.3 is 5.32 Å². The van der Waals surface area contributed by atoms with Gasteiger partial charge in [0.05, 0.1) is 0 Å². The van der Waals surface area contributed by atoms with Crippen LogP contribution in [0.2, 0.25) is 0 Å². The van der Waals surface area contributed by atoms with E-state index in [1.165, 1.54) is 11.1 Å². The topological polar surface area (TPSA) is 29.1 Å². The van der Waals surface area contributed by atoms with Gasteiger partial charge in [0.25, 0.3) is 0 Å². The number of halogens is 1. The second kappa shape index (κ2) is 6.88. The molecule has 0 saturated heterocycles. The first-order valence-corrected chi connectivity index (χ1v) is 7.75. The largest absolute Gasteiger partial charge is 0.326 e. The predicted octanol–water partition coefficient (Wildman–Crippen LogP) is 4.73. The van der Waals surface area contributed by atoms with Crippen molar-refractivity contribution in [3.8, 4) is 0 Å². The SMILES string of the molecule is Cc1ccc(NC(=O)C[C@@H](C)c2ccccc2)cc1I. The molecule has 0 aliphatic carbocycles. The van der Waals surface area contributed by atoms with Gasteiger partial charge in [0.15, 0.2) is 0 Å². The highest BCUT2D eigenvalue weighted by Gasteiger charge is 2.11. The van der Waals surface area contributed by atoms with Crippen molar-refractivity contribution in [2.24, 2.45) is 0 Å². The number of nitrogens with one attached hydrogen (secondary N) is 1. The lowest BCUT2D eigenvalue weighted by Gasteiger charge is -2.12. The maximum absolute atomic E-state index is 12.1. The van der Waals surface area contributed by atoms with Crippen molar-refractivity contribution in [3.63, 3.8) is 0 Å². The molecule has 0 radical (unpaired) electrons. The standard InChI is InChI=1S/C17H18INO/c1-12-8-9-15(11-16(12)18)19-17(20)10-13(2)14-6-4-3-5-7-14/h3-9,11,13H,10H2,1-2H3,(H,19,20)/t13-/m1/s1. The van der Waals surface area contributed by atoms with E-state index in [0.29, 0.717) is 6.42 Å². The van der Waals surface area contributed by atoms with Crippen LogP contribution in [0.25, 0.3) is 0 Å². The minimum atomic E-state index is 0.0565. The Morgan fingerprint density at radius 3 is 2.55 bits per heavy atom. The van der Waals surface area contributed by atoms with Gasteiger partial charge in [0, 0.05) is 15.7 Å². The number of hydrogen-bond donors (Lipinski definition) is 1. The lowest BCUT2D eigenvalue weighted by Crippen LogP contribution is -2.14. The molecule has 2 aromatic carbocycles. The summed E-state index contributed by atoms with van der Waals surface area (Å²) < 4.78 is 1.16. The average molecular weight is 379 g/mol. The molecule has 0 saturated carbocycles. The number of aryl methyl sites for hydroxylation is 1. The number of rotatable bonds is 4. The monoisotopic (exact) mass is 379 g/mol. The number of amides is 1. The first kappa shape index (κ1) is 15.0. The maximum atomic E-state index is 12.1. The van der Waals surface area contributed by atoms with Crippen molar-refractivity contribution in [2.45, 2.75) is 26.2 Å². The second-order valence-electron chi connectivity index (χ2n) is 5.03. The molecule has 20 heavy (non-hydrogen) atoms. The number of carbonyl (C=O) groups is 1. The van der Waals surface area contributed by atoms with Crippen molar-refractivity contribution < 1.29 is 4.79 Å². The van der Waals surface area contributed by atoms with Crippen LogP contribution in [0.4, 0.5) is 5.69 Å². The summed E-state index contributed by atoms with van der Waals surface area (Å²) in [5, 5.41) is 2.97. The first-order chi connectivity index (χ1) is 9.56. The van der Waals surface area contributed by atoms with Crippen molar-refractivity contribution >= 4 is 34.2 Å². The highest BCUT2D eigenvalue weighted by atomic mass is 127. The number of carbonyl (C=O) groups excluding carboxylic acids is 1. The molecule has 2 nitrogen and oxygen atoms in total. The number of anilines is 1. The summed E-state index contributed by atoms with van der Waals surface area (Å²) in [4.78, 5) is 12.1. The summed E-state index contributed by atoms with van der Waals surface area (Å²) in [6, 6.07) is 16.1. The van der Waals surface area contributed by atoms with E-state index in [2.05, 4.69) is 53.9 Å². The van der Waals surface area contributed by atoms with E-state index in [1.807, 2.05) is 36.4 Å². The van der Waals surface area contributed by atoms with Crippen LogP contribution in [0.5, 0.6) is 0 Å². The van der Waals surface area contributed by atoms with Gasteiger partial charge in [0.2, 0.25) is 5.91 Å². The molecule has 0 aliphatic rings. The molecule has 0 heterocycles. The zero-order valence-corrected chi connectivity index (χ0v) is 13.8. The normalized spacial score (nSPS) is 11.9. The van der Waals surface area contributed by atoms with Crippen LogP contribution in [0.1, 0.15) is 30.4 Å². The van der Waals surface area contributed by atoms with Crippen LogP contribution < -0.4 is 5.32 Å². The molecule has 1 amide bonds. The van der Waals surface area contributed by atoms with Gasteiger partial charge in [-0.1, -0.05) is 43.3 Å². The molecule has 0 aromatic heterocycles.